The van der Waals surface area contributed by atoms with E-state index in [4.69, 9.17) is 9.67 Å². The highest BCUT2D eigenvalue weighted by atomic mass is 31.0. The second-order valence-corrected chi connectivity index (χ2v) is 1.60. The average molecular weight is 163 g/mol. The normalized spacial score (nSPS) is 9.60. The Labute approximate surface area is 62.4 Å². The van der Waals surface area contributed by atoms with Gasteiger partial charge in [0.05, 0.1) is 0 Å². The fourth-order valence-electron chi connectivity index (χ4n) is 0.393. The molecule has 0 aromatic rings. The summed E-state index contributed by atoms with van der Waals surface area (Å²) < 4.78 is 8.17. The molecule has 0 spiro atoms. The summed E-state index contributed by atoms with van der Waals surface area (Å²) in [5.74, 6) is -0.827. The van der Waals surface area contributed by atoms with E-state index in [1.54, 1.807) is 13.0 Å². The largest absolute Gasteiger partial charge is 0.478 e. The fourth-order valence-corrected chi connectivity index (χ4v) is 0.393. The van der Waals surface area contributed by atoms with Gasteiger partial charge in [0.25, 0.3) is 0 Å². The molecule has 0 heterocycles. The number of carboxylic acids is 1. The molecule has 1 unspecified atom stereocenters. The number of aliphatic carboxylic acids is 1. The molecule has 0 saturated carbocycles. The minimum atomic E-state index is -0.827. The number of hydrogen-bond donors (Lipinski definition) is 1. The van der Waals surface area contributed by atoms with Crippen LogP contribution >= 0.6 is 9.12 Å². The van der Waals surface area contributed by atoms with Crippen LogP contribution in [0.4, 0.5) is 0 Å². The summed E-state index contributed by atoms with van der Waals surface area (Å²) in [5, 5.41) is 8.24. The van der Waals surface area contributed by atoms with Gasteiger partial charge in [0.1, 0.15) is 0 Å². The van der Waals surface area contributed by atoms with Crippen LogP contribution in [0.25, 0.3) is 0 Å². The second-order valence-electron chi connectivity index (χ2n) is 1.60. The molecule has 0 amide bonds. The summed E-state index contributed by atoms with van der Waals surface area (Å²) in [7, 11) is 1.17. The Bertz CT molecular complexity index is 131. The molecule has 0 aromatic carbocycles. The van der Waals surface area contributed by atoms with E-state index in [1.165, 1.54) is 9.12 Å². The van der Waals surface area contributed by atoms with Crippen LogP contribution in [0.5, 0.6) is 0 Å². The van der Waals surface area contributed by atoms with E-state index in [9.17, 15) is 4.79 Å². The average Bonchev–Trinajstić information content (AvgIpc) is 1.93. The highest BCUT2D eigenvalue weighted by Crippen LogP contribution is 1.92. The first-order valence-electron chi connectivity index (χ1n) is 2.82. The molecule has 0 fully saturated rings. The predicted molar refractivity (Wildman–Crippen MR) is 42.1 cm³/mol. The second kappa shape index (κ2) is 8.31. The van der Waals surface area contributed by atoms with Gasteiger partial charge < -0.3 is 5.11 Å². The molecule has 0 aliphatic carbocycles. The standard InChI is InChI=1S/C6H10O2.H2OP/c1-3-4-5(2)6(7)8;1-2/h4H,3H2,1-2H3,(H,7,8);2H2/q;+1. The maximum absolute atomic E-state index is 10.0. The van der Waals surface area contributed by atoms with Crippen LogP contribution in [-0.4, -0.2) is 11.1 Å². The van der Waals surface area contributed by atoms with E-state index in [-0.39, 0.29) is 0 Å². The van der Waals surface area contributed by atoms with Gasteiger partial charge in [0, 0.05) is 5.57 Å². The van der Waals surface area contributed by atoms with Gasteiger partial charge in [-0.05, 0) is 13.3 Å². The lowest BCUT2D eigenvalue weighted by atomic mass is 10.2. The number of hydrogen-bond acceptors (Lipinski definition) is 2. The smallest absolute Gasteiger partial charge is 0.330 e. The van der Waals surface area contributed by atoms with Gasteiger partial charge in [0.2, 0.25) is 0 Å². The van der Waals surface area contributed by atoms with Crippen molar-refractivity contribution in [1.29, 1.82) is 0 Å². The predicted octanol–water partition coefficient (Wildman–Crippen LogP) is 1.63. The zero-order valence-corrected chi connectivity index (χ0v) is 7.28. The molecular weight excluding hydrogens is 151 g/mol. The van der Waals surface area contributed by atoms with E-state index in [1.807, 2.05) is 6.92 Å². The molecule has 4 heteroatoms. The fraction of sp³-hybridized carbons (Fsp3) is 0.500. The molecule has 0 rings (SSSR count). The van der Waals surface area contributed by atoms with E-state index in [0.717, 1.165) is 6.42 Å². The van der Waals surface area contributed by atoms with Gasteiger partial charge in [-0.1, -0.05) is 17.6 Å². The topological polar surface area (TPSA) is 54.4 Å². The van der Waals surface area contributed by atoms with Crippen LogP contribution in [0.2, 0.25) is 0 Å². The van der Waals surface area contributed by atoms with Crippen molar-refractivity contribution in [2.75, 3.05) is 0 Å². The molecule has 0 radical (unpaired) electrons. The van der Waals surface area contributed by atoms with Crippen LogP contribution in [0.15, 0.2) is 11.6 Å². The van der Waals surface area contributed by atoms with Gasteiger partial charge in [-0.3, -0.25) is 0 Å². The SMILES string of the molecule is CCC=C(C)C(=O)O.O=[PH2+]. The molecule has 58 valence electrons. The minimum absolute atomic E-state index is 0.424. The van der Waals surface area contributed by atoms with Crippen LogP contribution in [0, 0.1) is 0 Å². The van der Waals surface area contributed by atoms with Gasteiger partial charge in [0.15, 0.2) is 0 Å². The first-order valence-corrected chi connectivity index (χ1v) is 3.29. The van der Waals surface area contributed by atoms with Crippen LogP contribution < -0.4 is 0 Å². The van der Waals surface area contributed by atoms with E-state index in [2.05, 4.69) is 0 Å². The molecule has 1 N–H and O–H groups in total. The molecule has 0 saturated heterocycles. The highest BCUT2D eigenvalue weighted by molar-refractivity contribution is 7.00. The molecule has 3 nitrogen and oxygen atoms in total. The molecule has 0 aromatic heterocycles. The zero-order chi connectivity index (χ0) is 8.57. The van der Waals surface area contributed by atoms with Crippen molar-refractivity contribution in [2.45, 2.75) is 20.3 Å². The molecule has 0 aliphatic rings. The van der Waals surface area contributed by atoms with Crippen molar-refractivity contribution in [3.63, 3.8) is 0 Å². The lowest BCUT2D eigenvalue weighted by Gasteiger charge is -1.87. The lowest BCUT2D eigenvalue weighted by Crippen LogP contribution is -1.94. The third kappa shape index (κ3) is 7.31. The Kier molecular flexibility index (Phi) is 10.00. The third-order valence-corrected chi connectivity index (χ3v) is 0.848. The zero-order valence-electron chi connectivity index (χ0n) is 6.13. The van der Waals surface area contributed by atoms with Crippen LogP contribution in [-0.2, 0) is 9.36 Å². The molecule has 0 bridgehead atoms. The van der Waals surface area contributed by atoms with Crippen molar-refractivity contribution in [3.8, 4) is 0 Å². The van der Waals surface area contributed by atoms with Gasteiger partial charge in [-0.25, -0.2) is 4.79 Å². The molecule has 10 heavy (non-hydrogen) atoms. The van der Waals surface area contributed by atoms with Crippen molar-refractivity contribution in [2.24, 2.45) is 0 Å². The summed E-state index contributed by atoms with van der Waals surface area (Å²) in [5.41, 5.74) is 0.424. The van der Waals surface area contributed by atoms with Crippen LogP contribution in [0.1, 0.15) is 20.3 Å². The molecule has 0 aliphatic heterocycles. The Balaban J connectivity index is 0. The molecule has 1 atom stereocenters. The van der Waals surface area contributed by atoms with Gasteiger partial charge in [-0.2, -0.15) is 0 Å². The summed E-state index contributed by atoms with van der Waals surface area (Å²) in [6.45, 7) is 3.50. The number of carbonyl (C=O) groups is 1. The quantitative estimate of drug-likeness (QED) is 0.497. The van der Waals surface area contributed by atoms with Crippen LogP contribution in [0.3, 0.4) is 0 Å². The van der Waals surface area contributed by atoms with E-state index < -0.39 is 5.97 Å². The Morgan fingerprint density at radius 2 is 2.00 bits per heavy atom. The van der Waals surface area contributed by atoms with E-state index in [0.29, 0.717) is 5.57 Å². The minimum Gasteiger partial charge on any atom is -0.478 e. The monoisotopic (exact) mass is 163 g/mol. The van der Waals surface area contributed by atoms with Crippen molar-refractivity contribution < 1.29 is 14.5 Å². The Morgan fingerprint density at radius 3 is 2.10 bits per heavy atom. The first kappa shape index (κ1) is 12.0. The summed E-state index contributed by atoms with van der Waals surface area (Å²) in [4.78, 5) is 10.0. The third-order valence-electron chi connectivity index (χ3n) is 0.848. The highest BCUT2D eigenvalue weighted by Gasteiger charge is 1.94. The van der Waals surface area contributed by atoms with Crippen molar-refractivity contribution in [3.05, 3.63) is 11.6 Å². The maximum Gasteiger partial charge on any atom is 0.330 e. The molecular formula is C6H12O3P+. The Morgan fingerprint density at radius 1 is 1.60 bits per heavy atom. The Hall–Kier alpha value is -0.690. The van der Waals surface area contributed by atoms with Gasteiger partial charge in [-0.15, -0.1) is 0 Å². The number of rotatable bonds is 2. The number of allylic oxidation sites excluding steroid dienone is 1. The lowest BCUT2D eigenvalue weighted by molar-refractivity contribution is -0.132. The number of carboxylic acid groups (broad SMARTS) is 1. The maximum atomic E-state index is 10.0. The van der Waals surface area contributed by atoms with Crippen molar-refractivity contribution >= 4 is 15.1 Å². The van der Waals surface area contributed by atoms with Crippen molar-refractivity contribution in [1.82, 2.24) is 0 Å². The van der Waals surface area contributed by atoms with Gasteiger partial charge >= 0.3 is 15.1 Å². The summed E-state index contributed by atoms with van der Waals surface area (Å²) in [6, 6.07) is 0. The summed E-state index contributed by atoms with van der Waals surface area (Å²) >= 11 is 0. The summed E-state index contributed by atoms with van der Waals surface area (Å²) in [6.07, 6.45) is 2.47. The first-order chi connectivity index (χ1) is 4.68. The van der Waals surface area contributed by atoms with E-state index >= 15 is 0 Å².